The van der Waals surface area contributed by atoms with Crippen LogP contribution in [0.5, 0.6) is 0 Å². The molecule has 0 saturated carbocycles. The van der Waals surface area contributed by atoms with Crippen LogP contribution < -0.4 is 5.32 Å². The van der Waals surface area contributed by atoms with E-state index in [-0.39, 0.29) is 22.1 Å². The van der Waals surface area contributed by atoms with Crippen molar-refractivity contribution in [3.05, 3.63) is 58.1 Å². The Morgan fingerprint density at radius 3 is 2.79 bits per heavy atom. The molecule has 0 spiro atoms. The highest BCUT2D eigenvalue weighted by Gasteiger charge is 2.15. The van der Waals surface area contributed by atoms with Crippen LogP contribution in [0, 0.1) is 0 Å². The summed E-state index contributed by atoms with van der Waals surface area (Å²) in [6, 6.07) is 6.73. The Balaban J connectivity index is 2.15. The lowest BCUT2D eigenvalue weighted by Gasteiger charge is -2.13. The van der Waals surface area contributed by atoms with Gasteiger partial charge in [0, 0.05) is 12.4 Å². The van der Waals surface area contributed by atoms with E-state index in [0.29, 0.717) is 5.56 Å². The molecule has 1 N–H and O–H groups in total. The van der Waals surface area contributed by atoms with Gasteiger partial charge in [0.15, 0.2) is 0 Å². The number of aromatic nitrogens is 2. The topological polar surface area (TPSA) is 54.9 Å². The molecule has 0 bridgehead atoms. The van der Waals surface area contributed by atoms with Gasteiger partial charge in [-0.1, -0.05) is 29.3 Å². The molecule has 4 nitrogen and oxygen atoms in total. The van der Waals surface area contributed by atoms with Crippen LogP contribution in [0.1, 0.15) is 29.0 Å². The van der Waals surface area contributed by atoms with Crippen LogP contribution in [0.25, 0.3) is 0 Å². The van der Waals surface area contributed by atoms with Crippen molar-refractivity contribution in [2.24, 2.45) is 0 Å². The van der Waals surface area contributed by atoms with E-state index < -0.39 is 0 Å². The van der Waals surface area contributed by atoms with Crippen molar-refractivity contribution < 1.29 is 4.79 Å². The second-order valence-electron chi connectivity index (χ2n) is 3.94. The zero-order valence-corrected chi connectivity index (χ0v) is 11.6. The Morgan fingerprint density at radius 2 is 2.11 bits per heavy atom. The van der Waals surface area contributed by atoms with Gasteiger partial charge in [0.25, 0.3) is 5.91 Å². The molecule has 2 aromatic rings. The molecule has 0 aliphatic heterocycles. The maximum Gasteiger partial charge on any atom is 0.253 e. The van der Waals surface area contributed by atoms with E-state index in [0.717, 1.165) is 5.69 Å². The summed E-state index contributed by atoms with van der Waals surface area (Å²) in [5.41, 5.74) is 1.07. The van der Waals surface area contributed by atoms with E-state index in [1.54, 1.807) is 6.20 Å². The van der Waals surface area contributed by atoms with Crippen LogP contribution in [-0.2, 0) is 0 Å². The normalized spacial score (nSPS) is 11.9. The summed E-state index contributed by atoms with van der Waals surface area (Å²) in [7, 11) is 0. The Hall–Kier alpha value is -1.65. The molecule has 98 valence electrons. The Morgan fingerprint density at radius 1 is 1.32 bits per heavy atom. The SMILES string of the molecule is CC(NC(=O)c1cc(Cl)ncc1Cl)c1ccccn1. The predicted molar refractivity (Wildman–Crippen MR) is 74.4 cm³/mol. The molecule has 1 amide bonds. The quantitative estimate of drug-likeness (QED) is 0.884. The average molecular weight is 296 g/mol. The maximum atomic E-state index is 12.1. The standard InChI is InChI=1S/C13H11Cl2N3O/c1-8(11-4-2-3-5-16-11)18-13(19)9-6-12(15)17-7-10(9)14/h2-8H,1H3,(H,18,19). The van der Waals surface area contributed by atoms with Gasteiger partial charge in [0.1, 0.15) is 5.15 Å². The number of hydrogen-bond acceptors (Lipinski definition) is 3. The third-order valence-electron chi connectivity index (χ3n) is 2.55. The maximum absolute atomic E-state index is 12.1. The average Bonchev–Trinajstić information content (AvgIpc) is 2.42. The molecule has 19 heavy (non-hydrogen) atoms. The molecule has 0 aromatic carbocycles. The summed E-state index contributed by atoms with van der Waals surface area (Å²) < 4.78 is 0. The second kappa shape index (κ2) is 5.99. The van der Waals surface area contributed by atoms with E-state index in [2.05, 4.69) is 15.3 Å². The van der Waals surface area contributed by atoms with E-state index in [9.17, 15) is 4.79 Å². The Bertz CT molecular complexity index is 590. The fourth-order valence-corrected chi connectivity index (χ4v) is 1.91. The van der Waals surface area contributed by atoms with Crippen LogP contribution in [0.2, 0.25) is 10.2 Å². The van der Waals surface area contributed by atoms with Gasteiger partial charge in [-0.25, -0.2) is 4.98 Å². The van der Waals surface area contributed by atoms with Gasteiger partial charge in [-0.05, 0) is 25.1 Å². The van der Waals surface area contributed by atoms with E-state index in [1.807, 2.05) is 25.1 Å². The summed E-state index contributed by atoms with van der Waals surface area (Å²) in [5.74, 6) is -0.313. The van der Waals surface area contributed by atoms with Crippen molar-refractivity contribution in [1.29, 1.82) is 0 Å². The molecule has 1 atom stereocenters. The van der Waals surface area contributed by atoms with Crippen molar-refractivity contribution in [2.45, 2.75) is 13.0 Å². The van der Waals surface area contributed by atoms with Crippen molar-refractivity contribution in [2.75, 3.05) is 0 Å². The summed E-state index contributed by atoms with van der Waals surface area (Å²) in [6.07, 6.45) is 3.03. The minimum Gasteiger partial charge on any atom is -0.344 e. The molecule has 2 heterocycles. The zero-order valence-electron chi connectivity index (χ0n) is 10.1. The van der Waals surface area contributed by atoms with E-state index >= 15 is 0 Å². The number of amides is 1. The predicted octanol–water partition coefficient (Wildman–Crippen LogP) is 3.27. The number of hydrogen-bond donors (Lipinski definition) is 1. The highest BCUT2D eigenvalue weighted by atomic mass is 35.5. The van der Waals surface area contributed by atoms with Crippen molar-refractivity contribution in [3.63, 3.8) is 0 Å². The fourth-order valence-electron chi connectivity index (χ4n) is 1.57. The summed E-state index contributed by atoms with van der Waals surface area (Å²) in [4.78, 5) is 20.1. The molecule has 0 aliphatic carbocycles. The smallest absolute Gasteiger partial charge is 0.253 e. The highest BCUT2D eigenvalue weighted by Crippen LogP contribution is 2.19. The first-order valence-corrected chi connectivity index (χ1v) is 6.36. The number of nitrogens with zero attached hydrogens (tertiary/aromatic N) is 2. The number of pyridine rings is 2. The van der Waals surface area contributed by atoms with Crippen LogP contribution in [0.15, 0.2) is 36.7 Å². The molecule has 0 radical (unpaired) electrons. The first-order chi connectivity index (χ1) is 9.08. The molecule has 6 heteroatoms. The number of carbonyl (C=O) groups is 1. The summed E-state index contributed by atoms with van der Waals surface area (Å²) in [6.45, 7) is 1.84. The number of carbonyl (C=O) groups excluding carboxylic acids is 1. The largest absolute Gasteiger partial charge is 0.344 e. The van der Waals surface area contributed by atoms with Gasteiger partial charge in [-0.2, -0.15) is 0 Å². The number of nitrogens with one attached hydrogen (secondary N) is 1. The molecule has 0 saturated heterocycles. The molecule has 2 aromatic heterocycles. The molecular weight excluding hydrogens is 285 g/mol. The Kier molecular flexibility index (Phi) is 4.35. The fraction of sp³-hybridized carbons (Fsp3) is 0.154. The zero-order chi connectivity index (χ0) is 13.8. The summed E-state index contributed by atoms with van der Waals surface area (Å²) in [5, 5.41) is 3.29. The molecule has 0 aliphatic rings. The van der Waals surface area contributed by atoms with Crippen LogP contribution in [0.3, 0.4) is 0 Å². The van der Waals surface area contributed by atoms with Crippen LogP contribution >= 0.6 is 23.2 Å². The van der Waals surface area contributed by atoms with Crippen molar-refractivity contribution in [3.8, 4) is 0 Å². The second-order valence-corrected chi connectivity index (χ2v) is 4.73. The van der Waals surface area contributed by atoms with E-state index in [1.165, 1.54) is 12.3 Å². The lowest BCUT2D eigenvalue weighted by atomic mass is 10.2. The van der Waals surface area contributed by atoms with Gasteiger partial charge >= 0.3 is 0 Å². The van der Waals surface area contributed by atoms with Gasteiger partial charge in [0.2, 0.25) is 0 Å². The van der Waals surface area contributed by atoms with Gasteiger partial charge in [0.05, 0.1) is 22.3 Å². The number of rotatable bonds is 3. The number of halogens is 2. The van der Waals surface area contributed by atoms with Crippen LogP contribution in [0.4, 0.5) is 0 Å². The van der Waals surface area contributed by atoms with Crippen LogP contribution in [-0.4, -0.2) is 15.9 Å². The first-order valence-electron chi connectivity index (χ1n) is 5.61. The Labute approximate surface area is 120 Å². The molecule has 1 unspecified atom stereocenters. The lowest BCUT2D eigenvalue weighted by Crippen LogP contribution is -2.27. The molecule has 2 rings (SSSR count). The minimum absolute atomic E-state index is 0.222. The summed E-state index contributed by atoms with van der Waals surface area (Å²) >= 11 is 11.7. The first kappa shape index (κ1) is 13.8. The molecular formula is C13H11Cl2N3O. The van der Waals surface area contributed by atoms with E-state index in [4.69, 9.17) is 23.2 Å². The highest BCUT2D eigenvalue weighted by molar-refractivity contribution is 6.35. The lowest BCUT2D eigenvalue weighted by molar-refractivity contribution is 0.0939. The minimum atomic E-state index is -0.313. The molecule has 0 fully saturated rings. The van der Waals surface area contributed by atoms with Gasteiger partial charge < -0.3 is 5.32 Å². The van der Waals surface area contributed by atoms with Gasteiger partial charge in [-0.15, -0.1) is 0 Å². The van der Waals surface area contributed by atoms with Crippen molar-refractivity contribution >= 4 is 29.1 Å². The van der Waals surface area contributed by atoms with Crippen molar-refractivity contribution in [1.82, 2.24) is 15.3 Å². The third kappa shape index (κ3) is 3.43. The van der Waals surface area contributed by atoms with Gasteiger partial charge in [-0.3, -0.25) is 9.78 Å². The third-order valence-corrected chi connectivity index (χ3v) is 3.05. The monoisotopic (exact) mass is 295 g/mol.